The van der Waals surface area contributed by atoms with E-state index in [1.807, 2.05) is 0 Å². The van der Waals surface area contributed by atoms with Crippen molar-refractivity contribution in [2.75, 3.05) is 0 Å². The van der Waals surface area contributed by atoms with E-state index in [1.54, 1.807) is 0 Å². The summed E-state index contributed by atoms with van der Waals surface area (Å²) in [7, 11) is 1.39. The summed E-state index contributed by atoms with van der Waals surface area (Å²) in [4.78, 5) is 3.70. The van der Waals surface area contributed by atoms with Crippen molar-refractivity contribution in [3.05, 3.63) is 24.6 Å². The highest BCUT2D eigenvalue weighted by Gasteiger charge is 2.13. The van der Waals surface area contributed by atoms with Crippen LogP contribution in [0.2, 0.25) is 0 Å². The topological polar surface area (TPSA) is 90.9 Å². The van der Waals surface area contributed by atoms with Crippen LogP contribution in [0, 0.1) is 0 Å². The van der Waals surface area contributed by atoms with Gasteiger partial charge in [-0.3, -0.25) is 4.68 Å². The first kappa shape index (κ1) is 10.1. The third kappa shape index (κ3) is 2.34. The third-order valence-electron chi connectivity index (χ3n) is 1.60. The molecule has 0 bridgehead atoms. The largest absolute Gasteiger partial charge is 0.343 e. The molecule has 0 aliphatic rings. The smallest absolute Gasteiger partial charge is 0.264 e. The molecule has 0 aromatic carbocycles. The highest BCUT2D eigenvalue weighted by atomic mass is 35.7. The summed E-state index contributed by atoms with van der Waals surface area (Å²) in [6.07, 6.45) is 3.62. The first-order valence-electron chi connectivity index (χ1n) is 3.78. The maximum Gasteiger partial charge on any atom is 0.264 e. The molecular formula is C6H5ClN4O3S. The van der Waals surface area contributed by atoms with Gasteiger partial charge in [0.2, 0.25) is 6.39 Å². The van der Waals surface area contributed by atoms with Crippen molar-refractivity contribution in [3.8, 4) is 0 Å². The van der Waals surface area contributed by atoms with Crippen LogP contribution in [0.1, 0.15) is 5.82 Å². The minimum absolute atomic E-state index is 0.0624. The first-order valence-corrected chi connectivity index (χ1v) is 6.09. The van der Waals surface area contributed by atoms with Crippen molar-refractivity contribution in [1.82, 2.24) is 19.9 Å². The Morgan fingerprint density at radius 1 is 1.53 bits per heavy atom. The summed E-state index contributed by atoms with van der Waals surface area (Å²) >= 11 is 0. The Morgan fingerprint density at radius 2 is 2.33 bits per heavy atom. The molecule has 7 nitrogen and oxygen atoms in total. The monoisotopic (exact) mass is 248 g/mol. The Balaban J connectivity index is 2.22. The Hall–Kier alpha value is -1.41. The predicted molar refractivity (Wildman–Crippen MR) is 48.7 cm³/mol. The molecule has 0 radical (unpaired) electrons. The van der Waals surface area contributed by atoms with E-state index in [0.717, 1.165) is 6.20 Å². The third-order valence-corrected chi connectivity index (χ3v) is 2.91. The molecule has 2 aromatic rings. The molecule has 0 spiro atoms. The lowest BCUT2D eigenvalue weighted by molar-refractivity contribution is 0.407. The van der Waals surface area contributed by atoms with Crippen molar-refractivity contribution in [3.63, 3.8) is 0 Å². The van der Waals surface area contributed by atoms with E-state index in [4.69, 9.17) is 10.7 Å². The fraction of sp³-hybridized carbons (Fsp3) is 0.167. The van der Waals surface area contributed by atoms with Gasteiger partial charge < -0.3 is 4.52 Å². The fourth-order valence-electron chi connectivity index (χ4n) is 0.964. The van der Waals surface area contributed by atoms with Crippen LogP contribution in [0.4, 0.5) is 0 Å². The molecule has 80 valence electrons. The van der Waals surface area contributed by atoms with Gasteiger partial charge in [-0.25, -0.2) is 8.42 Å². The Kier molecular flexibility index (Phi) is 2.45. The molecule has 0 fully saturated rings. The van der Waals surface area contributed by atoms with Crippen LogP contribution in [0.3, 0.4) is 0 Å². The fourth-order valence-corrected chi connectivity index (χ4v) is 1.62. The van der Waals surface area contributed by atoms with Gasteiger partial charge in [0.15, 0.2) is 5.82 Å². The van der Waals surface area contributed by atoms with Gasteiger partial charge >= 0.3 is 0 Å². The van der Waals surface area contributed by atoms with Gasteiger partial charge in [-0.2, -0.15) is 10.1 Å². The van der Waals surface area contributed by atoms with Gasteiger partial charge in [0.1, 0.15) is 11.4 Å². The van der Waals surface area contributed by atoms with E-state index in [0.29, 0.717) is 5.82 Å². The molecule has 9 heteroatoms. The summed E-state index contributed by atoms with van der Waals surface area (Å²) in [5, 5.41) is 7.34. The molecule has 0 aliphatic heterocycles. The second-order valence-corrected chi connectivity index (χ2v) is 5.22. The summed E-state index contributed by atoms with van der Waals surface area (Å²) in [5.74, 6) is 0.400. The average molecular weight is 249 g/mol. The molecule has 0 atom stereocenters. The van der Waals surface area contributed by atoms with E-state index >= 15 is 0 Å². The van der Waals surface area contributed by atoms with Crippen LogP contribution in [0.25, 0.3) is 0 Å². The van der Waals surface area contributed by atoms with Crippen LogP contribution in [0.15, 0.2) is 28.2 Å². The highest BCUT2D eigenvalue weighted by Crippen LogP contribution is 2.13. The minimum atomic E-state index is -3.74. The Bertz CT molecular complexity index is 547. The van der Waals surface area contributed by atoms with Crippen molar-refractivity contribution >= 4 is 19.7 Å². The summed E-state index contributed by atoms with van der Waals surface area (Å²) in [6, 6.07) is 0. The second kappa shape index (κ2) is 3.63. The van der Waals surface area contributed by atoms with E-state index in [2.05, 4.69) is 19.8 Å². The Labute approximate surface area is 89.1 Å². The first-order chi connectivity index (χ1) is 7.05. The maximum atomic E-state index is 10.9. The lowest BCUT2D eigenvalue weighted by atomic mass is 10.6. The van der Waals surface area contributed by atoms with Crippen LogP contribution in [0.5, 0.6) is 0 Å². The molecule has 0 amide bonds. The highest BCUT2D eigenvalue weighted by molar-refractivity contribution is 8.13. The summed E-state index contributed by atoms with van der Waals surface area (Å²) < 4.78 is 27.7. The predicted octanol–water partition coefficient (Wildman–Crippen LogP) is 0.242. The zero-order valence-corrected chi connectivity index (χ0v) is 8.81. The zero-order chi connectivity index (χ0) is 10.9. The van der Waals surface area contributed by atoms with Crippen molar-refractivity contribution < 1.29 is 12.9 Å². The lowest BCUT2D eigenvalue weighted by Crippen LogP contribution is -2.01. The number of hydrogen-bond acceptors (Lipinski definition) is 6. The SMILES string of the molecule is O=S(=O)(Cl)c1cnn(Cc2ncon2)c1. The molecule has 0 N–H and O–H groups in total. The number of halogens is 1. The van der Waals surface area contributed by atoms with Crippen LogP contribution in [-0.2, 0) is 15.6 Å². The molecule has 2 rings (SSSR count). The molecule has 2 aromatic heterocycles. The van der Waals surface area contributed by atoms with Crippen molar-refractivity contribution in [1.29, 1.82) is 0 Å². The number of aromatic nitrogens is 4. The molecule has 0 saturated heterocycles. The van der Waals surface area contributed by atoms with E-state index in [1.165, 1.54) is 17.3 Å². The number of nitrogens with zero attached hydrogens (tertiary/aromatic N) is 4. The van der Waals surface area contributed by atoms with E-state index < -0.39 is 9.05 Å². The van der Waals surface area contributed by atoms with Gasteiger partial charge in [-0.15, -0.1) is 0 Å². The molecule has 0 unspecified atom stereocenters. The Morgan fingerprint density at radius 3 is 2.87 bits per heavy atom. The number of rotatable bonds is 3. The van der Waals surface area contributed by atoms with Gasteiger partial charge in [0.05, 0.1) is 6.20 Å². The normalized spacial score (nSPS) is 11.8. The molecule has 0 aliphatic carbocycles. The molecule has 2 heterocycles. The van der Waals surface area contributed by atoms with Gasteiger partial charge in [0, 0.05) is 16.9 Å². The summed E-state index contributed by atoms with van der Waals surface area (Å²) in [5.41, 5.74) is 0. The number of hydrogen-bond donors (Lipinski definition) is 0. The van der Waals surface area contributed by atoms with Gasteiger partial charge in [-0.05, 0) is 0 Å². The van der Waals surface area contributed by atoms with Crippen LogP contribution < -0.4 is 0 Å². The standard InChI is InChI=1S/C6H5ClN4O3S/c7-15(12,13)5-1-9-11(2-5)3-6-8-4-14-10-6/h1-2,4H,3H2. The lowest BCUT2D eigenvalue weighted by Gasteiger charge is -1.93. The molecule has 15 heavy (non-hydrogen) atoms. The van der Waals surface area contributed by atoms with Crippen molar-refractivity contribution in [2.45, 2.75) is 11.4 Å². The average Bonchev–Trinajstić information content (AvgIpc) is 2.73. The zero-order valence-electron chi connectivity index (χ0n) is 7.24. The second-order valence-electron chi connectivity index (χ2n) is 2.66. The van der Waals surface area contributed by atoms with Crippen LogP contribution >= 0.6 is 10.7 Å². The minimum Gasteiger partial charge on any atom is -0.343 e. The molecule has 0 saturated carbocycles. The van der Waals surface area contributed by atoms with E-state index in [9.17, 15) is 8.42 Å². The maximum absolute atomic E-state index is 10.9. The van der Waals surface area contributed by atoms with Gasteiger partial charge in [0.25, 0.3) is 9.05 Å². The molecular weight excluding hydrogens is 244 g/mol. The quantitative estimate of drug-likeness (QED) is 0.723. The summed E-state index contributed by atoms with van der Waals surface area (Å²) in [6.45, 7) is 0.225. The van der Waals surface area contributed by atoms with E-state index in [-0.39, 0.29) is 11.4 Å². The van der Waals surface area contributed by atoms with Crippen molar-refractivity contribution in [2.24, 2.45) is 0 Å². The van der Waals surface area contributed by atoms with Gasteiger partial charge in [-0.1, -0.05) is 5.16 Å². The van der Waals surface area contributed by atoms with Crippen LogP contribution in [-0.4, -0.2) is 28.3 Å².